The predicted octanol–water partition coefficient (Wildman–Crippen LogP) is 4.69. The molecule has 1 aromatic heterocycles. The van der Waals surface area contributed by atoms with Gasteiger partial charge in [-0.3, -0.25) is 14.2 Å². The van der Waals surface area contributed by atoms with Crippen molar-refractivity contribution in [3.8, 4) is 11.4 Å². The van der Waals surface area contributed by atoms with Crippen LogP contribution in [0.5, 0.6) is 5.75 Å². The van der Waals surface area contributed by atoms with Gasteiger partial charge in [0.1, 0.15) is 11.6 Å². The lowest BCUT2D eigenvalue weighted by molar-refractivity contribution is -0.113. The number of carbonyl (C=O) groups excluding carboxylic acids is 1. The number of ether oxygens (including phenoxy) is 1. The van der Waals surface area contributed by atoms with Gasteiger partial charge in [0.15, 0.2) is 0 Å². The van der Waals surface area contributed by atoms with Crippen molar-refractivity contribution in [2.45, 2.75) is 13.3 Å². The van der Waals surface area contributed by atoms with Crippen LogP contribution in [0.3, 0.4) is 0 Å². The van der Waals surface area contributed by atoms with E-state index in [2.05, 4.69) is 0 Å². The number of amides is 1. The van der Waals surface area contributed by atoms with E-state index in [9.17, 15) is 9.59 Å². The molecule has 4 aromatic rings. The summed E-state index contributed by atoms with van der Waals surface area (Å²) in [6, 6.07) is 22.2. The minimum atomic E-state index is -0.221. The van der Waals surface area contributed by atoms with Gasteiger partial charge in [0, 0.05) is 12.1 Å². The highest BCUT2D eigenvalue weighted by molar-refractivity contribution is 6.35. The van der Waals surface area contributed by atoms with Crippen molar-refractivity contribution >= 4 is 34.1 Å². The molecule has 6 nitrogen and oxygen atoms in total. The lowest BCUT2D eigenvalue weighted by Gasteiger charge is -2.16. The normalized spacial score (nSPS) is 14.2. The number of aromatic nitrogens is 2. The third-order valence-electron chi connectivity index (χ3n) is 5.81. The van der Waals surface area contributed by atoms with Gasteiger partial charge in [-0.05, 0) is 42.8 Å². The summed E-state index contributed by atoms with van der Waals surface area (Å²) in [7, 11) is 1.57. The summed E-state index contributed by atoms with van der Waals surface area (Å²) in [5.41, 5.74) is 3.15. The van der Waals surface area contributed by atoms with Crippen molar-refractivity contribution in [3.63, 3.8) is 0 Å². The van der Waals surface area contributed by atoms with E-state index in [0.29, 0.717) is 40.3 Å². The number of nitrogens with zero attached hydrogens (tertiary/aromatic N) is 3. The van der Waals surface area contributed by atoms with Crippen LogP contribution in [-0.2, 0) is 4.79 Å². The summed E-state index contributed by atoms with van der Waals surface area (Å²) >= 11 is 0. The van der Waals surface area contributed by atoms with E-state index < -0.39 is 0 Å². The molecule has 1 aliphatic rings. The first-order valence-corrected chi connectivity index (χ1v) is 10.9. The number of carbonyl (C=O) groups is 1. The molecule has 0 N–H and O–H groups in total. The fourth-order valence-corrected chi connectivity index (χ4v) is 4.31. The topological polar surface area (TPSA) is 64.4 Å². The quantitative estimate of drug-likeness (QED) is 0.425. The van der Waals surface area contributed by atoms with Gasteiger partial charge in [-0.25, -0.2) is 4.98 Å². The van der Waals surface area contributed by atoms with Gasteiger partial charge in [-0.2, -0.15) is 0 Å². The fraction of sp³-hybridized carbons (Fsp3) is 0.148. The summed E-state index contributed by atoms with van der Waals surface area (Å²) in [6.45, 7) is 2.67. The molecule has 0 saturated heterocycles. The molecule has 0 fully saturated rings. The second-order valence-electron chi connectivity index (χ2n) is 7.83. The molecule has 6 heteroatoms. The maximum Gasteiger partial charge on any atom is 0.266 e. The average molecular weight is 437 g/mol. The molecule has 0 spiro atoms. The number of anilines is 1. The van der Waals surface area contributed by atoms with E-state index >= 15 is 0 Å². The molecule has 2 heterocycles. The number of benzene rings is 3. The van der Waals surface area contributed by atoms with Crippen LogP contribution in [0.15, 0.2) is 77.6 Å². The fourth-order valence-electron chi connectivity index (χ4n) is 4.31. The molecular weight excluding hydrogens is 414 g/mol. The maximum atomic E-state index is 13.6. The standard InChI is InChI=1S/C27H23N3O3/c1-3-16-29-22-13-7-5-10-18(22)20(26(29)31)17-25-28-21-12-6-4-11-19(21)27(32)30(25)23-14-8-9-15-24(23)33-2/h4-15,17H,3,16H2,1-2H3/b20-17-. The lowest BCUT2D eigenvalue weighted by atomic mass is 10.1. The van der Waals surface area contributed by atoms with Gasteiger partial charge in [-0.15, -0.1) is 0 Å². The molecule has 164 valence electrons. The van der Waals surface area contributed by atoms with Crippen molar-refractivity contribution in [3.05, 3.63) is 94.5 Å². The Morgan fingerprint density at radius 1 is 0.909 bits per heavy atom. The lowest BCUT2D eigenvalue weighted by Crippen LogP contribution is -2.27. The number of rotatable bonds is 5. The van der Waals surface area contributed by atoms with Crippen LogP contribution in [0.2, 0.25) is 0 Å². The minimum absolute atomic E-state index is 0.0907. The maximum absolute atomic E-state index is 13.6. The van der Waals surface area contributed by atoms with Crippen LogP contribution in [0, 0.1) is 0 Å². The summed E-state index contributed by atoms with van der Waals surface area (Å²) in [5.74, 6) is 0.828. The molecule has 5 rings (SSSR count). The highest BCUT2D eigenvalue weighted by Gasteiger charge is 2.32. The van der Waals surface area contributed by atoms with Crippen molar-refractivity contribution < 1.29 is 9.53 Å². The van der Waals surface area contributed by atoms with Crippen molar-refractivity contribution in [1.82, 2.24) is 9.55 Å². The third kappa shape index (κ3) is 3.40. The number of para-hydroxylation sites is 4. The molecule has 0 bridgehead atoms. The summed E-state index contributed by atoms with van der Waals surface area (Å²) in [4.78, 5) is 33.6. The molecule has 0 aliphatic carbocycles. The molecule has 1 amide bonds. The average Bonchev–Trinajstić information content (AvgIpc) is 3.11. The summed E-state index contributed by atoms with van der Waals surface area (Å²) < 4.78 is 7.06. The van der Waals surface area contributed by atoms with E-state index in [0.717, 1.165) is 17.7 Å². The van der Waals surface area contributed by atoms with Gasteiger partial charge < -0.3 is 9.64 Å². The van der Waals surface area contributed by atoms with E-state index in [1.807, 2.05) is 61.5 Å². The van der Waals surface area contributed by atoms with E-state index in [4.69, 9.17) is 9.72 Å². The Morgan fingerprint density at radius 2 is 1.61 bits per heavy atom. The van der Waals surface area contributed by atoms with Crippen molar-refractivity contribution in [1.29, 1.82) is 0 Å². The van der Waals surface area contributed by atoms with Crippen LogP contribution in [-0.4, -0.2) is 29.1 Å². The van der Waals surface area contributed by atoms with Gasteiger partial charge in [-0.1, -0.05) is 49.4 Å². The van der Waals surface area contributed by atoms with Crippen LogP contribution < -0.4 is 15.2 Å². The predicted molar refractivity (Wildman–Crippen MR) is 131 cm³/mol. The molecule has 0 unspecified atom stereocenters. The highest BCUT2D eigenvalue weighted by Crippen LogP contribution is 2.38. The zero-order valence-corrected chi connectivity index (χ0v) is 18.5. The van der Waals surface area contributed by atoms with Crippen LogP contribution in [0.25, 0.3) is 28.2 Å². The Labute approximate surface area is 191 Å². The Kier molecular flexibility index (Phi) is 5.26. The van der Waals surface area contributed by atoms with E-state index in [-0.39, 0.29) is 11.5 Å². The van der Waals surface area contributed by atoms with Crippen LogP contribution in [0.1, 0.15) is 24.7 Å². The van der Waals surface area contributed by atoms with Crippen LogP contribution >= 0.6 is 0 Å². The highest BCUT2D eigenvalue weighted by atomic mass is 16.5. The Balaban J connectivity index is 1.81. The zero-order chi connectivity index (χ0) is 22.9. The van der Waals surface area contributed by atoms with E-state index in [1.54, 1.807) is 36.3 Å². The van der Waals surface area contributed by atoms with E-state index in [1.165, 1.54) is 4.57 Å². The van der Waals surface area contributed by atoms with Crippen LogP contribution in [0.4, 0.5) is 5.69 Å². The SMILES string of the molecule is CCCN1C(=O)/C(=C\c2nc3ccccc3c(=O)n2-c2ccccc2OC)c2ccccc21. The zero-order valence-electron chi connectivity index (χ0n) is 18.5. The largest absolute Gasteiger partial charge is 0.495 e. The molecule has 3 aromatic carbocycles. The molecule has 0 saturated carbocycles. The Bertz CT molecular complexity index is 1470. The molecule has 1 aliphatic heterocycles. The Hall–Kier alpha value is -4.19. The molecule has 0 atom stereocenters. The first-order valence-electron chi connectivity index (χ1n) is 10.9. The molecule has 0 radical (unpaired) electrons. The number of hydrogen-bond acceptors (Lipinski definition) is 4. The smallest absolute Gasteiger partial charge is 0.266 e. The van der Waals surface area contributed by atoms with Crippen molar-refractivity contribution in [2.24, 2.45) is 0 Å². The van der Waals surface area contributed by atoms with Gasteiger partial charge >= 0.3 is 0 Å². The Morgan fingerprint density at radius 3 is 2.39 bits per heavy atom. The first-order chi connectivity index (χ1) is 16.1. The molecule has 33 heavy (non-hydrogen) atoms. The number of methoxy groups -OCH3 is 1. The summed E-state index contributed by atoms with van der Waals surface area (Å²) in [6.07, 6.45) is 2.56. The third-order valence-corrected chi connectivity index (χ3v) is 5.81. The second-order valence-corrected chi connectivity index (χ2v) is 7.83. The first kappa shape index (κ1) is 20.7. The monoisotopic (exact) mass is 437 g/mol. The number of fused-ring (bicyclic) bond motifs is 2. The second kappa shape index (κ2) is 8.39. The van der Waals surface area contributed by atoms with Crippen molar-refractivity contribution in [2.75, 3.05) is 18.6 Å². The molecular formula is C27H23N3O3. The number of hydrogen-bond donors (Lipinski definition) is 0. The van der Waals surface area contributed by atoms with Gasteiger partial charge in [0.2, 0.25) is 0 Å². The summed E-state index contributed by atoms with van der Waals surface area (Å²) in [5, 5.41) is 0.497. The van der Waals surface area contributed by atoms with Gasteiger partial charge in [0.25, 0.3) is 11.5 Å². The minimum Gasteiger partial charge on any atom is -0.495 e. The van der Waals surface area contributed by atoms with Gasteiger partial charge in [0.05, 0.1) is 35.0 Å².